The van der Waals surface area contributed by atoms with Gasteiger partial charge in [0.1, 0.15) is 0 Å². The summed E-state index contributed by atoms with van der Waals surface area (Å²) in [6, 6.07) is 8.13. The van der Waals surface area contributed by atoms with Crippen LogP contribution in [0.5, 0.6) is 0 Å². The highest BCUT2D eigenvalue weighted by Crippen LogP contribution is 2.29. The van der Waals surface area contributed by atoms with Gasteiger partial charge in [0.2, 0.25) is 5.91 Å². The number of anilines is 2. The molecule has 3 rings (SSSR count). The Hall–Kier alpha value is -1.55. The Bertz CT molecular complexity index is 469. The molecule has 0 atom stereocenters. The number of nitrogens with zero attached hydrogens (tertiary/aromatic N) is 1. The number of carbonyl (C=O) groups is 1. The van der Waals surface area contributed by atoms with Crippen molar-refractivity contribution in [2.75, 3.05) is 36.5 Å². The molecule has 0 aromatic heterocycles. The first-order valence-corrected chi connectivity index (χ1v) is 7.55. The van der Waals surface area contributed by atoms with Crippen molar-refractivity contribution in [1.82, 2.24) is 0 Å². The zero-order chi connectivity index (χ0) is 13.8. The molecule has 108 valence electrons. The van der Waals surface area contributed by atoms with E-state index in [1.807, 2.05) is 23.1 Å². The maximum atomic E-state index is 11.9. The van der Waals surface area contributed by atoms with E-state index in [1.165, 1.54) is 0 Å². The van der Waals surface area contributed by atoms with Gasteiger partial charge >= 0.3 is 0 Å². The minimum Gasteiger partial charge on any atom is -0.383 e. The molecule has 2 saturated heterocycles. The van der Waals surface area contributed by atoms with E-state index < -0.39 is 0 Å². The summed E-state index contributed by atoms with van der Waals surface area (Å²) in [6.07, 6.45) is 3.89. The van der Waals surface area contributed by atoms with Crippen molar-refractivity contribution in [2.45, 2.75) is 25.7 Å². The van der Waals surface area contributed by atoms with Crippen molar-refractivity contribution in [1.29, 1.82) is 0 Å². The molecule has 1 aromatic carbocycles. The van der Waals surface area contributed by atoms with Crippen molar-refractivity contribution >= 4 is 17.3 Å². The standard InChI is InChI=1S/C16H22N2O2/c19-16-6-3-9-18(16)15-5-2-1-4-14(15)17-12-13-7-10-20-11-8-13/h1-2,4-5,13,17H,3,6-12H2. The van der Waals surface area contributed by atoms with E-state index in [0.29, 0.717) is 12.3 Å². The first kappa shape index (κ1) is 13.4. The molecule has 1 N–H and O–H groups in total. The van der Waals surface area contributed by atoms with Crippen LogP contribution in [-0.4, -0.2) is 32.2 Å². The number of ether oxygens (including phenoxy) is 1. The van der Waals surface area contributed by atoms with Crippen LogP contribution in [0.3, 0.4) is 0 Å². The van der Waals surface area contributed by atoms with Gasteiger partial charge in [-0.1, -0.05) is 12.1 Å². The van der Waals surface area contributed by atoms with E-state index >= 15 is 0 Å². The summed E-state index contributed by atoms with van der Waals surface area (Å²) in [5.74, 6) is 0.913. The molecule has 0 aliphatic carbocycles. The van der Waals surface area contributed by atoms with Crippen LogP contribution in [0.4, 0.5) is 11.4 Å². The third-order valence-electron chi connectivity index (χ3n) is 4.19. The predicted octanol–water partition coefficient (Wildman–Crippen LogP) is 2.65. The molecule has 2 fully saturated rings. The molecular weight excluding hydrogens is 252 g/mol. The molecule has 2 aliphatic rings. The smallest absolute Gasteiger partial charge is 0.227 e. The molecule has 0 saturated carbocycles. The lowest BCUT2D eigenvalue weighted by molar-refractivity contribution is -0.117. The largest absolute Gasteiger partial charge is 0.383 e. The van der Waals surface area contributed by atoms with Crippen LogP contribution >= 0.6 is 0 Å². The van der Waals surface area contributed by atoms with Crippen molar-refractivity contribution in [3.05, 3.63) is 24.3 Å². The molecule has 0 radical (unpaired) electrons. The fourth-order valence-electron chi connectivity index (χ4n) is 2.97. The van der Waals surface area contributed by atoms with Gasteiger partial charge in [0, 0.05) is 32.7 Å². The molecule has 2 heterocycles. The quantitative estimate of drug-likeness (QED) is 0.917. The number of carbonyl (C=O) groups excluding carboxylic acids is 1. The van der Waals surface area contributed by atoms with Gasteiger partial charge in [-0.25, -0.2) is 0 Å². The van der Waals surface area contributed by atoms with E-state index in [4.69, 9.17) is 4.74 Å². The van der Waals surface area contributed by atoms with Gasteiger partial charge in [-0.2, -0.15) is 0 Å². The maximum Gasteiger partial charge on any atom is 0.227 e. The minimum absolute atomic E-state index is 0.241. The van der Waals surface area contributed by atoms with E-state index in [-0.39, 0.29) is 5.91 Å². The highest BCUT2D eigenvalue weighted by Gasteiger charge is 2.23. The third kappa shape index (κ3) is 2.96. The summed E-state index contributed by atoms with van der Waals surface area (Å²) in [4.78, 5) is 13.8. The molecule has 1 amide bonds. The number of amides is 1. The number of benzene rings is 1. The lowest BCUT2D eigenvalue weighted by atomic mass is 10.0. The molecule has 0 spiro atoms. The van der Waals surface area contributed by atoms with Crippen molar-refractivity contribution in [3.8, 4) is 0 Å². The Morgan fingerprint density at radius 1 is 1.25 bits per heavy atom. The Morgan fingerprint density at radius 3 is 2.80 bits per heavy atom. The summed E-state index contributed by atoms with van der Waals surface area (Å²) in [6.45, 7) is 3.55. The van der Waals surface area contributed by atoms with E-state index in [9.17, 15) is 4.79 Å². The monoisotopic (exact) mass is 274 g/mol. The van der Waals surface area contributed by atoms with Gasteiger partial charge in [0.15, 0.2) is 0 Å². The molecule has 4 heteroatoms. The van der Waals surface area contributed by atoms with Crippen LogP contribution < -0.4 is 10.2 Å². The number of hydrogen-bond acceptors (Lipinski definition) is 3. The highest BCUT2D eigenvalue weighted by atomic mass is 16.5. The Labute approximate surface area is 120 Å². The zero-order valence-corrected chi connectivity index (χ0v) is 11.8. The molecule has 1 aromatic rings. The first-order valence-electron chi connectivity index (χ1n) is 7.55. The second-order valence-corrected chi connectivity index (χ2v) is 5.60. The van der Waals surface area contributed by atoms with Crippen molar-refractivity contribution < 1.29 is 9.53 Å². The Morgan fingerprint density at radius 2 is 2.05 bits per heavy atom. The minimum atomic E-state index is 0.241. The van der Waals surface area contributed by atoms with Gasteiger partial charge in [-0.3, -0.25) is 4.79 Å². The second kappa shape index (κ2) is 6.27. The van der Waals surface area contributed by atoms with Crippen LogP contribution in [-0.2, 0) is 9.53 Å². The summed E-state index contributed by atoms with van der Waals surface area (Å²) in [5, 5.41) is 3.53. The third-order valence-corrected chi connectivity index (χ3v) is 4.19. The molecule has 0 unspecified atom stereocenters. The Kier molecular flexibility index (Phi) is 4.21. The normalized spacial score (nSPS) is 20.4. The average Bonchev–Trinajstić information content (AvgIpc) is 2.92. The van der Waals surface area contributed by atoms with Gasteiger partial charge < -0.3 is 15.0 Å². The van der Waals surface area contributed by atoms with Gasteiger partial charge in [-0.05, 0) is 37.3 Å². The lowest BCUT2D eigenvalue weighted by Gasteiger charge is -2.25. The average molecular weight is 274 g/mol. The van der Waals surface area contributed by atoms with E-state index in [1.54, 1.807) is 0 Å². The number of nitrogens with one attached hydrogen (secondary N) is 1. The maximum absolute atomic E-state index is 11.9. The molecular formula is C16H22N2O2. The summed E-state index contributed by atoms with van der Waals surface area (Å²) in [5.41, 5.74) is 2.11. The van der Waals surface area contributed by atoms with E-state index in [2.05, 4.69) is 11.4 Å². The highest BCUT2D eigenvalue weighted by molar-refractivity contribution is 5.98. The van der Waals surface area contributed by atoms with Crippen LogP contribution in [0, 0.1) is 5.92 Å². The van der Waals surface area contributed by atoms with Gasteiger partial charge in [0.05, 0.1) is 11.4 Å². The number of para-hydroxylation sites is 2. The van der Waals surface area contributed by atoms with Crippen molar-refractivity contribution in [3.63, 3.8) is 0 Å². The molecule has 0 bridgehead atoms. The van der Waals surface area contributed by atoms with E-state index in [0.717, 1.165) is 56.9 Å². The van der Waals surface area contributed by atoms with Gasteiger partial charge in [0.25, 0.3) is 0 Å². The van der Waals surface area contributed by atoms with Crippen LogP contribution in [0.15, 0.2) is 24.3 Å². The Balaban J connectivity index is 1.67. The zero-order valence-electron chi connectivity index (χ0n) is 11.8. The topological polar surface area (TPSA) is 41.6 Å². The molecule has 2 aliphatic heterocycles. The number of hydrogen-bond donors (Lipinski definition) is 1. The fraction of sp³-hybridized carbons (Fsp3) is 0.562. The summed E-state index contributed by atoms with van der Waals surface area (Å²) >= 11 is 0. The first-order chi connectivity index (χ1) is 9.84. The summed E-state index contributed by atoms with van der Waals surface area (Å²) < 4.78 is 5.39. The lowest BCUT2D eigenvalue weighted by Crippen LogP contribution is -2.26. The van der Waals surface area contributed by atoms with Crippen LogP contribution in [0.1, 0.15) is 25.7 Å². The molecule has 4 nitrogen and oxygen atoms in total. The predicted molar refractivity (Wildman–Crippen MR) is 80.1 cm³/mol. The van der Waals surface area contributed by atoms with Crippen LogP contribution in [0.2, 0.25) is 0 Å². The van der Waals surface area contributed by atoms with Gasteiger partial charge in [-0.15, -0.1) is 0 Å². The van der Waals surface area contributed by atoms with Crippen molar-refractivity contribution in [2.24, 2.45) is 5.92 Å². The second-order valence-electron chi connectivity index (χ2n) is 5.60. The fourth-order valence-corrected chi connectivity index (χ4v) is 2.97. The molecule has 20 heavy (non-hydrogen) atoms. The van der Waals surface area contributed by atoms with Crippen LogP contribution in [0.25, 0.3) is 0 Å². The number of rotatable bonds is 4. The summed E-state index contributed by atoms with van der Waals surface area (Å²) in [7, 11) is 0. The SMILES string of the molecule is O=C1CCCN1c1ccccc1NCC1CCOCC1.